The molecule has 0 N–H and O–H groups in total. The predicted molar refractivity (Wildman–Crippen MR) is 76.8 cm³/mol. The van der Waals surface area contributed by atoms with Crippen molar-refractivity contribution in [2.75, 3.05) is 19.8 Å². The molecule has 0 aromatic carbocycles. The minimum absolute atomic E-state index is 0.0633. The van der Waals surface area contributed by atoms with Gasteiger partial charge in [0, 0.05) is 12.0 Å². The number of Topliss-reactive ketones (excluding diaryl/α,β-unsaturated/α-hetero) is 1. The minimum Gasteiger partial charge on any atom is -0.465 e. The summed E-state index contributed by atoms with van der Waals surface area (Å²) in [5.41, 5.74) is 0.316. The molecule has 126 valence electrons. The lowest BCUT2D eigenvalue weighted by Crippen LogP contribution is -2.15. The number of hydrogen-bond acceptors (Lipinski definition) is 8. The van der Waals surface area contributed by atoms with Crippen LogP contribution < -0.4 is 0 Å². The lowest BCUT2D eigenvalue weighted by molar-refractivity contribution is -0.151. The van der Waals surface area contributed by atoms with Gasteiger partial charge < -0.3 is 14.2 Å². The molecule has 0 aromatic rings. The van der Waals surface area contributed by atoms with Gasteiger partial charge in [0.05, 0.1) is 12.7 Å². The molecule has 0 aromatic heterocycles. The summed E-state index contributed by atoms with van der Waals surface area (Å²) in [6.07, 6.45) is 1.22. The molecule has 0 saturated heterocycles. The molecule has 0 saturated carbocycles. The third-order valence-corrected chi connectivity index (χ3v) is 2.35. The van der Waals surface area contributed by atoms with Crippen LogP contribution in [0.1, 0.15) is 33.1 Å². The zero-order valence-corrected chi connectivity index (χ0v) is 13.1. The van der Waals surface area contributed by atoms with Gasteiger partial charge in [-0.15, -0.1) is 0 Å². The van der Waals surface area contributed by atoms with Gasteiger partial charge in [-0.25, -0.2) is 4.79 Å². The molecular weight excluding hydrogens is 306 g/mol. The van der Waals surface area contributed by atoms with E-state index in [1.54, 1.807) is 6.07 Å². The number of ketones is 1. The predicted octanol–water partition coefficient (Wildman–Crippen LogP) is 0.845. The Morgan fingerprint density at radius 3 is 2.17 bits per heavy atom. The summed E-state index contributed by atoms with van der Waals surface area (Å²) in [5, 5.41) is 8.26. The number of nitriles is 1. The van der Waals surface area contributed by atoms with E-state index in [0.29, 0.717) is 12.0 Å². The van der Waals surface area contributed by atoms with E-state index in [1.165, 1.54) is 19.9 Å². The van der Waals surface area contributed by atoms with Crippen LogP contribution in [0.25, 0.3) is 0 Å². The smallest absolute Gasteiger partial charge is 0.333 e. The van der Waals surface area contributed by atoms with Gasteiger partial charge in [-0.1, -0.05) is 6.08 Å². The lowest BCUT2D eigenvalue weighted by atomic mass is 10.2. The van der Waals surface area contributed by atoms with E-state index in [0.717, 1.165) is 0 Å². The van der Waals surface area contributed by atoms with Crippen molar-refractivity contribution in [1.82, 2.24) is 0 Å². The lowest BCUT2D eigenvalue weighted by Gasteiger charge is -2.06. The van der Waals surface area contributed by atoms with Gasteiger partial charge in [-0.05, 0) is 13.8 Å². The quantitative estimate of drug-likeness (QED) is 0.190. The average molecular weight is 325 g/mol. The van der Waals surface area contributed by atoms with Crippen molar-refractivity contribution >= 4 is 23.7 Å². The van der Waals surface area contributed by atoms with Gasteiger partial charge in [0.25, 0.3) is 0 Å². The Bertz CT molecular complexity index is 516. The topological polar surface area (TPSA) is 120 Å². The van der Waals surface area contributed by atoms with Crippen molar-refractivity contribution in [2.45, 2.75) is 33.1 Å². The summed E-state index contributed by atoms with van der Waals surface area (Å²) in [6.45, 7) is 2.61. The molecule has 0 atom stereocenters. The first-order valence-electron chi connectivity index (χ1n) is 6.88. The van der Waals surface area contributed by atoms with Crippen LogP contribution in [0, 0.1) is 11.3 Å². The molecular formula is C15H19NO7. The second kappa shape index (κ2) is 11.9. The minimum atomic E-state index is -0.667. The van der Waals surface area contributed by atoms with E-state index in [2.05, 4.69) is 0 Å². The largest absolute Gasteiger partial charge is 0.465 e. The molecule has 0 radical (unpaired) electrons. The molecule has 0 aliphatic rings. The molecule has 0 unspecified atom stereocenters. The molecule has 0 rings (SSSR count). The summed E-state index contributed by atoms with van der Waals surface area (Å²) in [5.74, 6) is -2.18. The van der Waals surface area contributed by atoms with Crippen molar-refractivity contribution in [3.63, 3.8) is 0 Å². The van der Waals surface area contributed by atoms with Crippen molar-refractivity contribution in [1.29, 1.82) is 5.26 Å². The summed E-state index contributed by atoms with van der Waals surface area (Å²) < 4.78 is 14.3. The van der Waals surface area contributed by atoms with Gasteiger partial charge in [-0.3, -0.25) is 14.4 Å². The molecule has 0 aliphatic carbocycles. The Labute approximate surface area is 134 Å². The number of nitrogens with zero attached hydrogens (tertiary/aromatic N) is 1. The van der Waals surface area contributed by atoms with Crippen molar-refractivity contribution in [3.05, 3.63) is 11.6 Å². The van der Waals surface area contributed by atoms with Crippen molar-refractivity contribution in [2.24, 2.45) is 0 Å². The maximum atomic E-state index is 11.6. The van der Waals surface area contributed by atoms with Crippen LogP contribution in [0.5, 0.6) is 0 Å². The Balaban J connectivity index is 3.87. The first kappa shape index (κ1) is 20.3. The standard InChI is InChI=1S/C15H19NO7/c1-11(4-3-7-21-13(18)5-6-16)15(20)23-9-8-22-14(19)10-12(2)17/h4H,3,5,7-10H2,1-2H3. The number of ether oxygens (including phenoxy) is 3. The highest BCUT2D eigenvalue weighted by Gasteiger charge is 2.08. The fraction of sp³-hybridized carbons (Fsp3) is 0.533. The van der Waals surface area contributed by atoms with Crippen LogP contribution in [-0.4, -0.2) is 43.5 Å². The number of hydrogen-bond donors (Lipinski definition) is 0. The van der Waals surface area contributed by atoms with Crippen LogP contribution >= 0.6 is 0 Å². The van der Waals surface area contributed by atoms with Gasteiger partial charge in [-0.2, -0.15) is 5.26 Å². The second-order valence-corrected chi connectivity index (χ2v) is 4.47. The van der Waals surface area contributed by atoms with Crippen LogP contribution in [-0.2, 0) is 33.4 Å². The molecule has 0 spiro atoms. The van der Waals surface area contributed by atoms with Crippen LogP contribution in [0.2, 0.25) is 0 Å². The average Bonchev–Trinajstić information content (AvgIpc) is 2.47. The normalized spacial score (nSPS) is 10.4. The van der Waals surface area contributed by atoms with Gasteiger partial charge in [0.15, 0.2) is 0 Å². The number of carbonyl (C=O) groups is 4. The van der Waals surface area contributed by atoms with Crippen LogP contribution in [0.4, 0.5) is 0 Å². The molecule has 0 amide bonds. The maximum absolute atomic E-state index is 11.6. The molecule has 23 heavy (non-hydrogen) atoms. The maximum Gasteiger partial charge on any atom is 0.333 e. The van der Waals surface area contributed by atoms with E-state index in [9.17, 15) is 19.2 Å². The SMILES string of the molecule is CC(=O)CC(=O)OCCOC(=O)C(C)=CCCOC(=O)CC#N. The summed E-state index contributed by atoms with van der Waals surface area (Å²) in [6, 6.07) is 1.66. The monoisotopic (exact) mass is 325 g/mol. The van der Waals surface area contributed by atoms with Gasteiger partial charge >= 0.3 is 17.9 Å². The van der Waals surface area contributed by atoms with Crippen LogP contribution in [0.3, 0.4) is 0 Å². The van der Waals surface area contributed by atoms with E-state index in [1.807, 2.05) is 0 Å². The zero-order chi connectivity index (χ0) is 17.7. The summed E-state index contributed by atoms with van der Waals surface area (Å²) in [4.78, 5) is 44.2. The van der Waals surface area contributed by atoms with Crippen molar-refractivity contribution in [3.8, 4) is 6.07 Å². The van der Waals surface area contributed by atoms with E-state index >= 15 is 0 Å². The van der Waals surface area contributed by atoms with Crippen LogP contribution in [0.15, 0.2) is 11.6 Å². The second-order valence-electron chi connectivity index (χ2n) is 4.47. The fourth-order valence-corrected chi connectivity index (χ4v) is 1.31. The molecule has 0 fully saturated rings. The third kappa shape index (κ3) is 11.6. The van der Waals surface area contributed by atoms with Gasteiger partial charge in [0.2, 0.25) is 0 Å². The molecule has 0 heterocycles. The Kier molecular flexibility index (Phi) is 10.5. The van der Waals surface area contributed by atoms with E-state index in [-0.39, 0.29) is 38.4 Å². The molecule has 0 bridgehead atoms. The highest BCUT2D eigenvalue weighted by Crippen LogP contribution is 2.00. The van der Waals surface area contributed by atoms with E-state index in [4.69, 9.17) is 19.5 Å². The summed E-state index contributed by atoms with van der Waals surface area (Å²) >= 11 is 0. The fourth-order valence-electron chi connectivity index (χ4n) is 1.31. The highest BCUT2D eigenvalue weighted by atomic mass is 16.6. The third-order valence-electron chi connectivity index (χ3n) is 2.35. The molecule has 8 nitrogen and oxygen atoms in total. The number of rotatable bonds is 10. The van der Waals surface area contributed by atoms with Gasteiger partial charge in [0.1, 0.15) is 31.8 Å². The Hall–Kier alpha value is -2.69. The number of esters is 3. The highest BCUT2D eigenvalue weighted by molar-refractivity contribution is 5.94. The molecule has 0 aliphatic heterocycles. The summed E-state index contributed by atoms with van der Waals surface area (Å²) in [7, 11) is 0. The zero-order valence-electron chi connectivity index (χ0n) is 13.1. The first-order valence-corrected chi connectivity index (χ1v) is 6.88. The first-order chi connectivity index (χ1) is 10.9. The molecule has 8 heteroatoms. The Morgan fingerprint density at radius 1 is 0.957 bits per heavy atom. The number of carbonyl (C=O) groups excluding carboxylic acids is 4. The van der Waals surface area contributed by atoms with E-state index < -0.39 is 17.9 Å². The Morgan fingerprint density at radius 2 is 1.57 bits per heavy atom. The van der Waals surface area contributed by atoms with Crippen molar-refractivity contribution < 1.29 is 33.4 Å².